The number of esters is 1. The number of para-hydroxylation sites is 2. The van der Waals surface area contributed by atoms with Crippen LogP contribution in [0.25, 0.3) is 0 Å². The average molecular weight is 330 g/mol. The van der Waals surface area contributed by atoms with E-state index in [9.17, 15) is 4.79 Å². The number of hydrogen-bond acceptors (Lipinski definition) is 6. The van der Waals surface area contributed by atoms with Crippen molar-refractivity contribution in [2.75, 3.05) is 45.3 Å². The van der Waals surface area contributed by atoms with Crippen molar-refractivity contribution in [1.82, 2.24) is 4.90 Å². The summed E-state index contributed by atoms with van der Waals surface area (Å²) in [6.45, 7) is 4.18. The first-order valence-electron chi connectivity index (χ1n) is 7.98. The largest absolute Gasteiger partial charge is 0.495 e. The van der Waals surface area contributed by atoms with E-state index >= 15 is 0 Å². The van der Waals surface area contributed by atoms with Gasteiger partial charge in [-0.05, 0) is 18.2 Å². The number of carbonyl (C=O) groups is 1. The van der Waals surface area contributed by atoms with Gasteiger partial charge in [-0.2, -0.15) is 0 Å². The molecular weight excluding hydrogens is 308 g/mol. The standard InChI is InChI=1S/C18H22N2O4/c1-22-16-6-4-3-5-15(16)20-10-8-19(9-11-20)13-17-14(7-12-24-17)18(21)23-2/h3-7,12H,8-11,13H2,1-2H3. The second-order valence-electron chi connectivity index (χ2n) is 5.68. The Bertz CT molecular complexity index is 690. The van der Waals surface area contributed by atoms with Crippen LogP contribution in [-0.4, -0.2) is 51.3 Å². The lowest BCUT2D eigenvalue weighted by Gasteiger charge is -2.36. The molecule has 1 fully saturated rings. The number of methoxy groups -OCH3 is 2. The molecule has 0 saturated carbocycles. The number of furan rings is 1. The predicted octanol–water partition coefficient (Wildman–Crippen LogP) is 2.40. The van der Waals surface area contributed by atoms with Crippen molar-refractivity contribution in [1.29, 1.82) is 0 Å². The number of nitrogens with zero attached hydrogens (tertiary/aromatic N) is 2. The summed E-state index contributed by atoms with van der Waals surface area (Å²) < 4.78 is 15.7. The maximum Gasteiger partial charge on any atom is 0.341 e. The van der Waals surface area contributed by atoms with Crippen LogP contribution in [0.3, 0.4) is 0 Å². The van der Waals surface area contributed by atoms with Crippen molar-refractivity contribution in [3.05, 3.63) is 47.9 Å². The second kappa shape index (κ2) is 7.40. The number of rotatable bonds is 5. The Morgan fingerprint density at radius 2 is 1.88 bits per heavy atom. The molecule has 1 aromatic heterocycles. The second-order valence-corrected chi connectivity index (χ2v) is 5.68. The van der Waals surface area contributed by atoms with Gasteiger partial charge in [0.15, 0.2) is 0 Å². The van der Waals surface area contributed by atoms with Crippen molar-refractivity contribution in [3.8, 4) is 5.75 Å². The Morgan fingerprint density at radius 1 is 1.12 bits per heavy atom. The van der Waals surface area contributed by atoms with Crippen LogP contribution in [0.15, 0.2) is 41.0 Å². The molecule has 1 aliphatic rings. The molecular formula is C18H22N2O4. The molecule has 6 heteroatoms. The zero-order valence-corrected chi connectivity index (χ0v) is 14.0. The number of ether oxygens (including phenoxy) is 2. The van der Waals surface area contributed by atoms with Gasteiger partial charge in [-0.1, -0.05) is 12.1 Å². The Kier molecular flexibility index (Phi) is 5.05. The van der Waals surface area contributed by atoms with Gasteiger partial charge < -0.3 is 18.8 Å². The van der Waals surface area contributed by atoms with Crippen LogP contribution in [-0.2, 0) is 11.3 Å². The molecule has 1 aromatic carbocycles. The molecule has 0 atom stereocenters. The average Bonchev–Trinajstić information content (AvgIpc) is 3.10. The molecule has 0 unspecified atom stereocenters. The van der Waals surface area contributed by atoms with Crippen LogP contribution in [0.4, 0.5) is 5.69 Å². The highest BCUT2D eigenvalue weighted by molar-refractivity contribution is 5.90. The number of hydrogen-bond donors (Lipinski definition) is 0. The Labute approximate surface area is 141 Å². The summed E-state index contributed by atoms with van der Waals surface area (Å²) in [4.78, 5) is 16.3. The summed E-state index contributed by atoms with van der Waals surface area (Å²) in [5.41, 5.74) is 1.62. The van der Waals surface area contributed by atoms with E-state index in [2.05, 4.69) is 15.9 Å². The molecule has 128 valence electrons. The Balaban J connectivity index is 1.62. The lowest BCUT2D eigenvalue weighted by atomic mass is 10.2. The number of anilines is 1. The molecule has 0 radical (unpaired) electrons. The number of benzene rings is 1. The van der Waals surface area contributed by atoms with Gasteiger partial charge in [-0.25, -0.2) is 4.79 Å². The molecule has 0 aliphatic carbocycles. The monoisotopic (exact) mass is 330 g/mol. The van der Waals surface area contributed by atoms with Gasteiger partial charge >= 0.3 is 5.97 Å². The number of carbonyl (C=O) groups excluding carboxylic acids is 1. The van der Waals surface area contributed by atoms with Gasteiger partial charge in [0.25, 0.3) is 0 Å². The van der Waals surface area contributed by atoms with E-state index in [-0.39, 0.29) is 5.97 Å². The third kappa shape index (κ3) is 3.38. The fourth-order valence-corrected chi connectivity index (χ4v) is 3.00. The van der Waals surface area contributed by atoms with E-state index in [0.29, 0.717) is 17.9 Å². The fraction of sp³-hybridized carbons (Fsp3) is 0.389. The third-order valence-electron chi connectivity index (χ3n) is 4.32. The topological polar surface area (TPSA) is 55.2 Å². The molecule has 2 aromatic rings. The van der Waals surface area contributed by atoms with Gasteiger partial charge in [-0.3, -0.25) is 4.90 Å². The molecule has 24 heavy (non-hydrogen) atoms. The minimum Gasteiger partial charge on any atom is -0.495 e. The summed E-state index contributed by atoms with van der Waals surface area (Å²) in [7, 11) is 3.07. The van der Waals surface area contributed by atoms with Crippen LogP contribution in [0.1, 0.15) is 16.1 Å². The van der Waals surface area contributed by atoms with Crippen molar-refractivity contribution in [2.45, 2.75) is 6.54 Å². The minimum absolute atomic E-state index is 0.355. The molecule has 0 spiro atoms. The van der Waals surface area contributed by atoms with Crippen LogP contribution in [0, 0.1) is 0 Å². The van der Waals surface area contributed by atoms with E-state index in [1.54, 1.807) is 13.2 Å². The van der Waals surface area contributed by atoms with Gasteiger partial charge in [0, 0.05) is 26.2 Å². The highest BCUT2D eigenvalue weighted by Crippen LogP contribution is 2.28. The summed E-state index contributed by atoms with van der Waals surface area (Å²) >= 11 is 0. The Hall–Kier alpha value is -2.47. The molecule has 0 N–H and O–H groups in total. The number of piperazine rings is 1. The van der Waals surface area contributed by atoms with E-state index in [4.69, 9.17) is 13.9 Å². The molecule has 2 heterocycles. The van der Waals surface area contributed by atoms with Crippen molar-refractivity contribution in [3.63, 3.8) is 0 Å². The highest BCUT2D eigenvalue weighted by atomic mass is 16.5. The van der Waals surface area contributed by atoms with Crippen LogP contribution < -0.4 is 9.64 Å². The zero-order valence-electron chi connectivity index (χ0n) is 14.0. The molecule has 1 saturated heterocycles. The summed E-state index contributed by atoms with van der Waals surface area (Å²) in [6.07, 6.45) is 1.53. The first-order valence-corrected chi connectivity index (χ1v) is 7.98. The third-order valence-corrected chi connectivity index (χ3v) is 4.32. The maximum atomic E-state index is 11.7. The normalized spacial score (nSPS) is 15.3. The van der Waals surface area contributed by atoms with E-state index in [0.717, 1.165) is 37.6 Å². The van der Waals surface area contributed by atoms with Gasteiger partial charge in [0.1, 0.15) is 17.1 Å². The molecule has 0 amide bonds. The first kappa shape index (κ1) is 16.4. The predicted molar refractivity (Wildman–Crippen MR) is 90.5 cm³/mol. The molecule has 3 rings (SSSR count). The quantitative estimate of drug-likeness (QED) is 0.785. The lowest BCUT2D eigenvalue weighted by Crippen LogP contribution is -2.46. The fourth-order valence-electron chi connectivity index (χ4n) is 3.00. The van der Waals surface area contributed by atoms with Gasteiger partial charge in [-0.15, -0.1) is 0 Å². The van der Waals surface area contributed by atoms with Crippen LogP contribution >= 0.6 is 0 Å². The van der Waals surface area contributed by atoms with E-state index in [1.165, 1.54) is 13.4 Å². The zero-order chi connectivity index (χ0) is 16.9. The summed E-state index contributed by atoms with van der Waals surface area (Å²) in [5, 5.41) is 0. The lowest BCUT2D eigenvalue weighted by molar-refractivity contribution is 0.0596. The molecule has 0 bridgehead atoms. The summed E-state index contributed by atoms with van der Waals surface area (Å²) in [6, 6.07) is 9.72. The molecule has 1 aliphatic heterocycles. The van der Waals surface area contributed by atoms with Crippen molar-refractivity contribution >= 4 is 11.7 Å². The van der Waals surface area contributed by atoms with E-state index < -0.39 is 0 Å². The molecule has 6 nitrogen and oxygen atoms in total. The van der Waals surface area contributed by atoms with Crippen molar-refractivity contribution in [2.24, 2.45) is 0 Å². The van der Waals surface area contributed by atoms with Gasteiger partial charge in [0.2, 0.25) is 0 Å². The van der Waals surface area contributed by atoms with Crippen LogP contribution in [0.2, 0.25) is 0 Å². The van der Waals surface area contributed by atoms with Gasteiger partial charge in [0.05, 0.1) is 32.7 Å². The summed E-state index contributed by atoms with van der Waals surface area (Å²) in [5.74, 6) is 1.20. The SMILES string of the molecule is COC(=O)c1ccoc1CN1CCN(c2ccccc2OC)CC1. The van der Waals surface area contributed by atoms with E-state index in [1.807, 2.05) is 18.2 Å². The minimum atomic E-state index is -0.355. The smallest absolute Gasteiger partial charge is 0.341 e. The van der Waals surface area contributed by atoms with Crippen molar-refractivity contribution < 1.29 is 18.7 Å². The first-order chi connectivity index (χ1) is 11.7. The van der Waals surface area contributed by atoms with Crippen LogP contribution in [0.5, 0.6) is 5.75 Å². The Morgan fingerprint density at radius 3 is 2.58 bits per heavy atom. The highest BCUT2D eigenvalue weighted by Gasteiger charge is 2.22. The maximum absolute atomic E-state index is 11.7.